The Kier molecular flexibility index (Phi) is 4.40. The SMILES string of the molecule is CCN1CCc2[nH]nc(-c3cc(Br)cc(OC)c3OC)c2C1. The van der Waals surface area contributed by atoms with E-state index in [0.717, 1.165) is 41.8 Å². The Morgan fingerprint density at radius 2 is 2.14 bits per heavy atom. The van der Waals surface area contributed by atoms with Crippen molar-refractivity contribution in [2.75, 3.05) is 27.3 Å². The maximum atomic E-state index is 5.58. The van der Waals surface area contributed by atoms with E-state index in [1.807, 2.05) is 12.1 Å². The van der Waals surface area contributed by atoms with Crippen LogP contribution in [0.5, 0.6) is 11.5 Å². The zero-order valence-corrected chi connectivity index (χ0v) is 14.7. The first-order chi connectivity index (χ1) is 10.7. The summed E-state index contributed by atoms with van der Waals surface area (Å²) in [5, 5.41) is 7.74. The Bertz CT molecular complexity index is 684. The topological polar surface area (TPSA) is 50.4 Å². The van der Waals surface area contributed by atoms with Crippen molar-refractivity contribution in [1.29, 1.82) is 0 Å². The fourth-order valence-corrected chi connectivity index (χ4v) is 3.39. The lowest BCUT2D eigenvalue weighted by molar-refractivity contribution is 0.267. The van der Waals surface area contributed by atoms with Crippen molar-refractivity contribution in [1.82, 2.24) is 15.1 Å². The van der Waals surface area contributed by atoms with Gasteiger partial charge in [0.05, 0.1) is 14.2 Å². The third-order valence-corrected chi connectivity index (χ3v) is 4.62. The number of fused-ring (bicyclic) bond motifs is 1. The first kappa shape index (κ1) is 15.4. The molecule has 0 fully saturated rings. The van der Waals surface area contributed by atoms with Crippen LogP contribution in [-0.2, 0) is 13.0 Å². The highest BCUT2D eigenvalue weighted by Gasteiger charge is 2.25. The summed E-state index contributed by atoms with van der Waals surface area (Å²) in [6.45, 7) is 5.22. The minimum absolute atomic E-state index is 0.701. The molecule has 3 rings (SSSR count). The largest absolute Gasteiger partial charge is 0.493 e. The number of nitrogens with zero attached hydrogens (tertiary/aromatic N) is 2. The Hall–Kier alpha value is -1.53. The van der Waals surface area contributed by atoms with Gasteiger partial charge in [-0.3, -0.25) is 10.00 Å². The van der Waals surface area contributed by atoms with Crippen LogP contribution in [0.3, 0.4) is 0 Å². The molecule has 0 aliphatic carbocycles. The van der Waals surface area contributed by atoms with Gasteiger partial charge >= 0.3 is 0 Å². The summed E-state index contributed by atoms with van der Waals surface area (Å²) in [6, 6.07) is 3.93. The summed E-state index contributed by atoms with van der Waals surface area (Å²) in [5.41, 5.74) is 4.38. The molecule has 0 radical (unpaired) electrons. The highest BCUT2D eigenvalue weighted by atomic mass is 79.9. The smallest absolute Gasteiger partial charge is 0.170 e. The van der Waals surface area contributed by atoms with Crippen LogP contribution in [0.15, 0.2) is 16.6 Å². The van der Waals surface area contributed by atoms with Gasteiger partial charge < -0.3 is 9.47 Å². The van der Waals surface area contributed by atoms with E-state index in [1.165, 1.54) is 11.3 Å². The van der Waals surface area contributed by atoms with E-state index in [2.05, 4.69) is 38.0 Å². The number of benzene rings is 1. The molecular formula is C16H20BrN3O2. The first-order valence-electron chi connectivity index (χ1n) is 7.38. The lowest BCUT2D eigenvalue weighted by Crippen LogP contribution is -2.30. The quantitative estimate of drug-likeness (QED) is 0.903. The summed E-state index contributed by atoms with van der Waals surface area (Å²) >= 11 is 3.54. The second-order valence-corrected chi connectivity index (χ2v) is 6.25. The molecule has 0 spiro atoms. The number of likely N-dealkylation sites (N-methyl/N-ethyl adjacent to an activating group) is 1. The van der Waals surface area contributed by atoms with Crippen LogP contribution in [0, 0.1) is 0 Å². The molecule has 22 heavy (non-hydrogen) atoms. The highest BCUT2D eigenvalue weighted by molar-refractivity contribution is 9.10. The van der Waals surface area contributed by atoms with Gasteiger partial charge in [0.15, 0.2) is 11.5 Å². The first-order valence-corrected chi connectivity index (χ1v) is 8.17. The van der Waals surface area contributed by atoms with Crippen LogP contribution in [0.4, 0.5) is 0 Å². The number of aromatic nitrogens is 2. The number of hydrogen-bond acceptors (Lipinski definition) is 4. The molecule has 1 aliphatic rings. The standard InChI is InChI=1S/C16H20BrN3O2/c1-4-20-6-5-13-12(9-20)15(19-18-13)11-7-10(17)8-14(21-2)16(11)22-3/h7-8H,4-6,9H2,1-3H3,(H,18,19). The van der Waals surface area contributed by atoms with Crippen LogP contribution in [-0.4, -0.2) is 42.4 Å². The Morgan fingerprint density at radius 3 is 2.82 bits per heavy atom. The second-order valence-electron chi connectivity index (χ2n) is 5.34. The minimum atomic E-state index is 0.701. The van der Waals surface area contributed by atoms with Gasteiger partial charge in [-0.25, -0.2) is 0 Å². The molecule has 6 heteroatoms. The molecule has 1 aromatic carbocycles. The van der Waals surface area contributed by atoms with Crippen LogP contribution < -0.4 is 9.47 Å². The van der Waals surface area contributed by atoms with E-state index < -0.39 is 0 Å². The monoisotopic (exact) mass is 365 g/mol. The third-order valence-electron chi connectivity index (χ3n) is 4.16. The number of hydrogen-bond donors (Lipinski definition) is 1. The fraction of sp³-hybridized carbons (Fsp3) is 0.438. The Morgan fingerprint density at radius 1 is 1.32 bits per heavy atom. The molecule has 0 amide bonds. The number of aromatic amines is 1. The van der Waals surface area contributed by atoms with Crippen molar-refractivity contribution in [2.45, 2.75) is 19.9 Å². The lowest BCUT2D eigenvalue weighted by Gasteiger charge is -2.25. The van der Waals surface area contributed by atoms with Crippen LogP contribution in [0.1, 0.15) is 18.2 Å². The molecule has 1 aliphatic heterocycles. The Labute approximate surface area is 138 Å². The summed E-state index contributed by atoms with van der Waals surface area (Å²) in [7, 11) is 3.31. The third kappa shape index (κ3) is 2.61. The molecule has 0 bridgehead atoms. The van der Waals surface area contributed by atoms with Gasteiger partial charge in [-0.1, -0.05) is 22.9 Å². The molecule has 1 N–H and O–H groups in total. The molecule has 2 heterocycles. The number of nitrogens with one attached hydrogen (secondary N) is 1. The van der Waals surface area contributed by atoms with Crippen molar-refractivity contribution in [3.05, 3.63) is 27.9 Å². The van der Waals surface area contributed by atoms with Gasteiger partial charge in [0.1, 0.15) is 5.69 Å². The van der Waals surface area contributed by atoms with Gasteiger partial charge in [-0.05, 0) is 18.7 Å². The predicted molar refractivity (Wildman–Crippen MR) is 89.5 cm³/mol. The molecule has 0 atom stereocenters. The van der Waals surface area contributed by atoms with E-state index >= 15 is 0 Å². The zero-order chi connectivity index (χ0) is 15.7. The van der Waals surface area contributed by atoms with Crippen LogP contribution in [0.25, 0.3) is 11.3 Å². The zero-order valence-electron chi connectivity index (χ0n) is 13.1. The number of ether oxygens (including phenoxy) is 2. The second kappa shape index (κ2) is 6.30. The van der Waals surface area contributed by atoms with Crippen molar-refractivity contribution >= 4 is 15.9 Å². The summed E-state index contributed by atoms with van der Waals surface area (Å²) < 4.78 is 12.0. The van der Waals surface area contributed by atoms with E-state index in [-0.39, 0.29) is 0 Å². The van der Waals surface area contributed by atoms with Gasteiger partial charge in [0, 0.05) is 40.8 Å². The number of H-pyrrole nitrogens is 1. The van der Waals surface area contributed by atoms with Gasteiger partial charge in [-0.2, -0.15) is 5.10 Å². The van der Waals surface area contributed by atoms with Crippen molar-refractivity contribution in [3.63, 3.8) is 0 Å². The van der Waals surface area contributed by atoms with Crippen molar-refractivity contribution < 1.29 is 9.47 Å². The molecule has 0 saturated heterocycles. The lowest BCUT2D eigenvalue weighted by atomic mass is 10.00. The molecule has 118 valence electrons. The average molecular weight is 366 g/mol. The number of halogens is 1. The van der Waals surface area contributed by atoms with Crippen LogP contribution in [0.2, 0.25) is 0 Å². The molecular weight excluding hydrogens is 346 g/mol. The van der Waals surface area contributed by atoms with Gasteiger partial charge in [-0.15, -0.1) is 0 Å². The average Bonchev–Trinajstić information content (AvgIpc) is 2.96. The summed E-state index contributed by atoms with van der Waals surface area (Å²) in [5.74, 6) is 1.42. The normalized spacial score (nSPS) is 14.7. The maximum Gasteiger partial charge on any atom is 0.170 e. The molecule has 5 nitrogen and oxygen atoms in total. The highest BCUT2D eigenvalue weighted by Crippen LogP contribution is 2.42. The molecule has 0 saturated carbocycles. The van der Waals surface area contributed by atoms with Crippen LogP contribution >= 0.6 is 15.9 Å². The van der Waals surface area contributed by atoms with Gasteiger partial charge in [0.2, 0.25) is 0 Å². The summed E-state index contributed by atoms with van der Waals surface area (Å²) in [4.78, 5) is 2.42. The molecule has 2 aromatic rings. The van der Waals surface area contributed by atoms with E-state index in [9.17, 15) is 0 Å². The van der Waals surface area contributed by atoms with Crippen molar-refractivity contribution in [2.24, 2.45) is 0 Å². The number of rotatable bonds is 4. The minimum Gasteiger partial charge on any atom is -0.493 e. The molecule has 0 unspecified atom stereocenters. The van der Waals surface area contributed by atoms with E-state index in [1.54, 1.807) is 14.2 Å². The number of methoxy groups -OCH3 is 2. The van der Waals surface area contributed by atoms with E-state index in [0.29, 0.717) is 11.5 Å². The van der Waals surface area contributed by atoms with Gasteiger partial charge in [0.25, 0.3) is 0 Å². The predicted octanol–water partition coefficient (Wildman–Crippen LogP) is 3.23. The Balaban J connectivity index is 2.13. The van der Waals surface area contributed by atoms with Crippen molar-refractivity contribution in [3.8, 4) is 22.8 Å². The fourth-order valence-electron chi connectivity index (χ4n) is 2.95. The summed E-state index contributed by atoms with van der Waals surface area (Å²) in [6.07, 6.45) is 1.00. The van der Waals surface area contributed by atoms with E-state index in [4.69, 9.17) is 9.47 Å². The molecule has 1 aromatic heterocycles. The maximum absolute atomic E-state index is 5.58.